The molecule has 17 heavy (non-hydrogen) atoms. The van der Waals surface area contributed by atoms with Crippen LogP contribution in [-0.2, 0) is 6.42 Å². The summed E-state index contributed by atoms with van der Waals surface area (Å²) in [4.78, 5) is 19.3. The van der Waals surface area contributed by atoms with Crippen molar-refractivity contribution < 1.29 is 9.32 Å². The Hall–Kier alpha value is -1.96. The summed E-state index contributed by atoms with van der Waals surface area (Å²) in [5.74, 6) is 1.10. The maximum atomic E-state index is 11.4. The zero-order chi connectivity index (χ0) is 12.1. The van der Waals surface area contributed by atoms with Crippen molar-refractivity contribution >= 4 is 22.5 Å². The molecule has 0 atom stereocenters. The third-order valence-electron chi connectivity index (χ3n) is 1.85. The Balaban J connectivity index is 1.70. The minimum atomic E-state index is -0.295. The highest BCUT2D eigenvalue weighted by molar-refractivity contribution is 7.13. The van der Waals surface area contributed by atoms with Gasteiger partial charge in [-0.3, -0.25) is 5.32 Å². The number of anilines is 1. The van der Waals surface area contributed by atoms with Crippen LogP contribution in [0.4, 0.5) is 9.93 Å². The van der Waals surface area contributed by atoms with Crippen LogP contribution in [0.3, 0.4) is 0 Å². The van der Waals surface area contributed by atoms with Crippen LogP contribution in [0, 0.1) is 6.92 Å². The first-order chi connectivity index (χ1) is 8.24. The Morgan fingerprint density at radius 2 is 2.47 bits per heavy atom. The topological polar surface area (TPSA) is 92.9 Å². The molecule has 0 saturated carbocycles. The number of thiazole rings is 1. The molecule has 2 aromatic heterocycles. The quantitative estimate of drug-likeness (QED) is 0.854. The molecule has 2 heterocycles. The lowest BCUT2D eigenvalue weighted by Crippen LogP contribution is -2.30. The van der Waals surface area contributed by atoms with Gasteiger partial charge in [-0.1, -0.05) is 5.16 Å². The number of hydrogen-bond acceptors (Lipinski definition) is 6. The molecule has 2 amide bonds. The van der Waals surface area contributed by atoms with Crippen molar-refractivity contribution in [3.63, 3.8) is 0 Å². The molecule has 8 heteroatoms. The number of carbonyl (C=O) groups is 1. The third-order valence-corrected chi connectivity index (χ3v) is 2.54. The fraction of sp³-hybridized carbons (Fsp3) is 0.333. The number of carbonyl (C=O) groups excluding carboxylic acids is 1. The predicted octanol–water partition coefficient (Wildman–Crippen LogP) is 1.20. The van der Waals surface area contributed by atoms with Crippen LogP contribution in [0.5, 0.6) is 0 Å². The van der Waals surface area contributed by atoms with Crippen LogP contribution in [-0.4, -0.2) is 27.7 Å². The molecule has 0 aliphatic heterocycles. The van der Waals surface area contributed by atoms with Crippen molar-refractivity contribution in [2.24, 2.45) is 0 Å². The zero-order valence-corrected chi connectivity index (χ0v) is 9.95. The van der Waals surface area contributed by atoms with Gasteiger partial charge in [0.2, 0.25) is 5.89 Å². The largest absolute Gasteiger partial charge is 0.339 e. The molecular weight excluding hydrogens is 242 g/mol. The minimum absolute atomic E-state index is 0.295. The molecule has 2 aromatic rings. The summed E-state index contributed by atoms with van der Waals surface area (Å²) >= 11 is 1.36. The molecule has 2 N–H and O–H groups in total. The van der Waals surface area contributed by atoms with E-state index in [-0.39, 0.29) is 6.03 Å². The molecule has 0 saturated heterocycles. The minimum Gasteiger partial charge on any atom is -0.339 e. The normalized spacial score (nSPS) is 10.2. The highest BCUT2D eigenvalue weighted by Crippen LogP contribution is 2.09. The number of nitrogens with zero attached hydrogens (tertiary/aromatic N) is 3. The van der Waals surface area contributed by atoms with Gasteiger partial charge in [-0.05, 0) is 6.92 Å². The van der Waals surface area contributed by atoms with Crippen LogP contribution >= 0.6 is 11.3 Å². The Morgan fingerprint density at radius 1 is 1.59 bits per heavy atom. The second-order valence-electron chi connectivity index (χ2n) is 3.20. The molecule has 0 unspecified atom stereocenters. The van der Waals surface area contributed by atoms with Gasteiger partial charge in [-0.25, -0.2) is 9.78 Å². The van der Waals surface area contributed by atoms with E-state index in [4.69, 9.17) is 4.52 Å². The second-order valence-corrected chi connectivity index (χ2v) is 4.10. The third kappa shape index (κ3) is 3.52. The van der Waals surface area contributed by atoms with E-state index in [0.29, 0.717) is 29.8 Å². The first kappa shape index (κ1) is 11.5. The Kier molecular flexibility index (Phi) is 3.66. The van der Waals surface area contributed by atoms with E-state index in [1.165, 1.54) is 11.3 Å². The van der Waals surface area contributed by atoms with Gasteiger partial charge in [0.1, 0.15) is 0 Å². The van der Waals surface area contributed by atoms with Crippen LogP contribution in [0.2, 0.25) is 0 Å². The summed E-state index contributed by atoms with van der Waals surface area (Å²) in [7, 11) is 0. The van der Waals surface area contributed by atoms with E-state index >= 15 is 0 Å². The first-order valence-corrected chi connectivity index (χ1v) is 5.85. The van der Waals surface area contributed by atoms with Gasteiger partial charge in [0, 0.05) is 24.5 Å². The molecular formula is C9H11N5O2S. The number of rotatable bonds is 4. The lowest BCUT2D eigenvalue weighted by atomic mass is 10.4. The fourth-order valence-electron chi connectivity index (χ4n) is 1.15. The second kappa shape index (κ2) is 5.39. The lowest BCUT2D eigenvalue weighted by Gasteiger charge is -2.02. The van der Waals surface area contributed by atoms with Crippen LogP contribution in [0.1, 0.15) is 11.7 Å². The molecule has 2 rings (SSSR count). The van der Waals surface area contributed by atoms with Crippen molar-refractivity contribution in [1.29, 1.82) is 0 Å². The number of hydrogen-bond donors (Lipinski definition) is 2. The number of aryl methyl sites for hydroxylation is 1. The summed E-state index contributed by atoms with van der Waals surface area (Å²) in [6, 6.07) is -0.295. The Morgan fingerprint density at radius 3 is 3.12 bits per heavy atom. The van der Waals surface area contributed by atoms with Crippen molar-refractivity contribution in [2.45, 2.75) is 13.3 Å². The fourth-order valence-corrected chi connectivity index (χ4v) is 1.67. The van der Waals surface area contributed by atoms with Gasteiger partial charge >= 0.3 is 6.03 Å². The number of nitrogens with one attached hydrogen (secondary N) is 2. The maximum absolute atomic E-state index is 11.4. The molecule has 0 bridgehead atoms. The van der Waals surface area contributed by atoms with Gasteiger partial charge in [-0.2, -0.15) is 4.98 Å². The van der Waals surface area contributed by atoms with E-state index in [2.05, 4.69) is 25.8 Å². The highest BCUT2D eigenvalue weighted by atomic mass is 32.1. The van der Waals surface area contributed by atoms with Crippen LogP contribution < -0.4 is 10.6 Å². The Labute approximate surface area is 101 Å². The van der Waals surface area contributed by atoms with Gasteiger partial charge in [0.15, 0.2) is 11.0 Å². The van der Waals surface area contributed by atoms with Crippen molar-refractivity contribution in [3.05, 3.63) is 23.3 Å². The number of amides is 2. The van der Waals surface area contributed by atoms with Crippen LogP contribution in [0.15, 0.2) is 16.1 Å². The monoisotopic (exact) mass is 253 g/mol. The summed E-state index contributed by atoms with van der Waals surface area (Å²) in [5.41, 5.74) is 0. The molecule has 0 aliphatic rings. The number of urea groups is 1. The molecule has 0 aromatic carbocycles. The summed E-state index contributed by atoms with van der Waals surface area (Å²) in [5, 5.41) is 11.3. The van der Waals surface area contributed by atoms with E-state index in [1.54, 1.807) is 18.5 Å². The standard InChI is InChI=1S/C9H11N5O2S/c1-6-12-7(16-14-6)2-3-10-8(15)13-9-11-4-5-17-9/h4-5H,2-3H2,1H3,(H2,10,11,13,15). The molecule has 0 fully saturated rings. The van der Waals surface area contributed by atoms with Crippen molar-refractivity contribution in [3.8, 4) is 0 Å². The van der Waals surface area contributed by atoms with Gasteiger partial charge < -0.3 is 9.84 Å². The lowest BCUT2D eigenvalue weighted by molar-refractivity contribution is 0.252. The highest BCUT2D eigenvalue weighted by Gasteiger charge is 2.05. The SMILES string of the molecule is Cc1noc(CCNC(=O)Nc2nccs2)n1. The van der Waals surface area contributed by atoms with E-state index in [0.717, 1.165) is 0 Å². The Bertz CT molecular complexity index is 481. The average Bonchev–Trinajstić information content (AvgIpc) is 2.90. The summed E-state index contributed by atoms with van der Waals surface area (Å²) < 4.78 is 4.91. The van der Waals surface area contributed by atoms with E-state index < -0.39 is 0 Å². The van der Waals surface area contributed by atoms with Gasteiger partial charge in [0.25, 0.3) is 0 Å². The van der Waals surface area contributed by atoms with Crippen molar-refractivity contribution in [2.75, 3.05) is 11.9 Å². The average molecular weight is 253 g/mol. The van der Waals surface area contributed by atoms with Crippen LogP contribution in [0.25, 0.3) is 0 Å². The molecule has 0 radical (unpaired) electrons. The maximum Gasteiger partial charge on any atom is 0.321 e. The van der Waals surface area contributed by atoms with E-state index in [1.807, 2.05) is 0 Å². The molecule has 90 valence electrons. The van der Waals surface area contributed by atoms with Gasteiger partial charge in [0.05, 0.1) is 0 Å². The molecule has 7 nitrogen and oxygen atoms in total. The van der Waals surface area contributed by atoms with E-state index in [9.17, 15) is 4.79 Å². The van der Waals surface area contributed by atoms with Crippen molar-refractivity contribution in [1.82, 2.24) is 20.4 Å². The summed E-state index contributed by atoms with van der Waals surface area (Å²) in [6.45, 7) is 2.18. The molecule has 0 spiro atoms. The molecule has 0 aliphatic carbocycles. The zero-order valence-electron chi connectivity index (χ0n) is 9.14. The van der Waals surface area contributed by atoms with Gasteiger partial charge in [-0.15, -0.1) is 11.3 Å². The first-order valence-electron chi connectivity index (χ1n) is 4.97. The smallest absolute Gasteiger partial charge is 0.321 e. The summed E-state index contributed by atoms with van der Waals surface area (Å²) in [6.07, 6.45) is 2.13. The predicted molar refractivity (Wildman–Crippen MR) is 61.9 cm³/mol. The number of aromatic nitrogens is 3.